The molecule has 3 N–H and O–H groups in total. The summed E-state index contributed by atoms with van der Waals surface area (Å²) in [5, 5.41) is 14.9. The normalized spacial score (nSPS) is 26.2. The second-order valence-corrected chi connectivity index (χ2v) is 15.2. The molecule has 2 saturated heterocycles. The summed E-state index contributed by atoms with van der Waals surface area (Å²) in [6.45, 7) is 11.5. The highest BCUT2D eigenvalue weighted by atomic mass is 16.7. The van der Waals surface area contributed by atoms with Crippen LogP contribution >= 0.6 is 0 Å². The van der Waals surface area contributed by atoms with Gasteiger partial charge in [0.2, 0.25) is 0 Å². The third kappa shape index (κ3) is 8.89. The molecule has 6 rings (SSSR count). The molecule has 3 aliphatic rings. The molecular weight excluding hydrogens is 618 g/mol. The van der Waals surface area contributed by atoms with E-state index in [1.54, 1.807) is 6.92 Å². The molecule has 2 bridgehead atoms. The first kappa shape index (κ1) is 35.1. The van der Waals surface area contributed by atoms with E-state index in [1.165, 1.54) is 19.3 Å². The summed E-state index contributed by atoms with van der Waals surface area (Å²) in [4.78, 5) is 26.3. The number of carbonyl (C=O) groups excluding carboxylic acids is 2. The van der Waals surface area contributed by atoms with Crippen LogP contribution in [0.25, 0.3) is 11.1 Å². The lowest BCUT2D eigenvalue weighted by Gasteiger charge is -2.41. The molecule has 262 valence electrons. The van der Waals surface area contributed by atoms with Crippen molar-refractivity contribution in [1.29, 1.82) is 0 Å². The standard InChI is InChI=1S/C40H51N3O6/c1-5-47-36(45)22-42-38(46)41-21-28-7-6-8-32(17-28)29-13-15-31(16-14-29)37-48-34(18-35(49-37)30-11-9-27(24-44)10-12-30)23-43-26-40(4)20-33(43)19-39(2,3)25-40/h6-17,33-35,37,44H,5,18-26H2,1-4H3,(H2,41,42,46)/t33?,34-,35+,37+,40?/m0/s1. The van der Waals surface area contributed by atoms with Crippen LogP contribution in [-0.4, -0.2) is 60.4 Å². The number of benzene rings is 3. The second-order valence-electron chi connectivity index (χ2n) is 15.2. The van der Waals surface area contributed by atoms with Crippen LogP contribution in [0.2, 0.25) is 0 Å². The number of hydrogen-bond donors (Lipinski definition) is 3. The zero-order valence-electron chi connectivity index (χ0n) is 29.2. The van der Waals surface area contributed by atoms with Gasteiger partial charge in [0, 0.05) is 37.7 Å². The molecule has 0 spiro atoms. The second kappa shape index (κ2) is 15.0. The average Bonchev–Trinajstić information content (AvgIpc) is 3.33. The Morgan fingerprint density at radius 2 is 1.67 bits per heavy atom. The highest BCUT2D eigenvalue weighted by Gasteiger charge is 2.50. The van der Waals surface area contributed by atoms with Gasteiger partial charge in [-0.05, 0) is 70.9 Å². The number of esters is 1. The Morgan fingerprint density at radius 1 is 0.918 bits per heavy atom. The van der Waals surface area contributed by atoms with Gasteiger partial charge in [0.15, 0.2) is 6.29 Å². The van der Waals surface area contributed by atoms with Crippen LogP contribution in [0, 0.1) is 10.8 Å². The van der Waals surface area contributed by atoms with E-state index in [-0.39, 0.29) is 32.0 Å². The molecule has 5 atom stereocenters. The maximum Gasteiger partial charge on any atom is 0.325 e. The van der Waals surface area contributed by atoms with Crippen molar-refractivity contribution in [2.45, 2.75) is 91.1 Å². The summed E-state index contributed by atoms with van der Waals surface area (Å²) in [7, 11) is 0. The van der Waals surface area contributed by atoms with Crippen LogP contribution in [-0.2, 0) is 32.2 Å². The lowest BCUT2D eigenvalue weighted by atomic mass is 9.65. The van der Waals surface area contributed by atoms with Gasteiger partial charge < -0.3 is 30.0 Å². The van der Waals surface area contributed by atoms with E-state index in [9.17, 15) is 14.7 Å². The van der Waals surface area contributed by atoms with Crippen LogP contribution in [0.1, 0.15) is 88.0 Å². The van der Waals surface area contributed by atoms with E-state index >= 15 is 0 Å². The van der Waals surface area contributed by atoms with E-state index in [4.69, 9.17) is 14.2 Å². The topological polar surface area (TPSA) is 109 Å². The van der Waals surface area contributed by atoms with Crippen molar-refractivity contribution in [3.05, 3.63) is 95.1 Å². The Labute approximate surface area is 290 Å². The first-order valence-corrected chi connectivity index (χ1v) is 17.6. The van der Waals surface area contributed by atoms with Crippen molar-refractivity contribution in [2.24, 2.45) is 10.8 Å². The Hall–Kier alpha value is -3.76. The van der Waals surface area contributed by atoms with Crippen molar-refractivity contribution in [3.63, 3.8) is 0 Å². The average molecular weight is 670 g/mol. The number of aliphatic hydroxyl groups excluding tert-OH is 1. The van der Waals surface area contributed by atoms with Gasteiger partial charge in [0.05, 0.1) is 25.4 Å². The summed E-state index contributed by atoms with van der Waals surface area (Å²) in [5.41, 5.74) is 6.68. The molecule has 9 nitrogen and oxygen atoms in total. The summed E-state index contributed by atoms with van der Waals surface area (Å²) >= 11 is 0. The predicted molar refractivity (Wildman–Crippen MR) is 188 cm³/mol. The number of nitrogens with one attached hydrogen (secondary N) is 2. The fourth-order valence-corrected chi connectivity index (χ4v) is 8.39. The minimum Gasteiger partial charge on any atom is -0.465 e. The number of carbonyl (C=O) groups is 2. The van der Waals surface area contributed by atoms with Crippen LogP contribution in [0.3, 0.4) is 0 Å². The van der Waals surface area contributed by atoms with Crippen molar-refractivity contribution in [2.75, 3.05) is 26.2 Å². The van der Waals surface area contributed by atoms with Gasteiger partial charge in [0.25, 0.3) is 0 Å². The summed E-state index contributed by atoms with van der Waals surface area (Å²) < 4.78 is 18.3. The summed E-state index contributed by atoms with van der Waals surface area (Å²) in [5.74, 6) is -0.470. The maximum atomic E-state index is 12.2. The fraction of sp³-hybridized carbons (Fsp3) is 0.500. The van der Waals surface area contributed by atoms with E-state index in [2.05, 4.69) is 72.7 Å². The largest absolute Gasteiger partial charge is 0.465 e. The monoisotopic (exact) mass is 669 g/mol. The first-order chi connectivity index (χ1) is 23.5. The van der Waals surface area contributed by atoms with E-state index in [0.717, 1.165) is 52.9 Å². The van der Waals surface area contributed by atoms with Gasteiger partial charge in [-0.2, -0.15) is 0 Å². The van der Waals surface area contributed by atoms with E-state index in [0.29, 0.717) is 23.4 Å². The number of urea groups is 1. The van der Waals surface area contributed by atoms with Crippen LogP contribution < -0.4 is 10.6 Å². The minimum absolute atomic E-state index is 0.0177. The van der Waals surface area contributed by atoms with Crippen molar-refractivity contribution < 1.29 is 28.9 Å². The zero-order chi connectivity index (χ0) is 34.6. The molecule has 3 fully saturated rings. The van der Waals surface area contributed by atoms with Crippen molar-refractivity contribution in [3.8, 4) is 11.1 Å². The lowest BCUT2D eigenvalue weighted by Crippen LogP contribution is -2.42. The number of fused-ring (bicyclic) bond motifs is 2. The van der Waals surface area contributed by atoms with Crippen LogP contribution in [0.5, 0.6) is 0 Å². The highest BCUT2D eigenvalue weighted by Crippen LogP contribution is 2.53. The third-order valence-electron chi connectivity index (χ3n) is 10.2. The Balaban J connectivity index is 1.14. The maximum absolute atomic E-state index is 12.2. The van der Waals surface area contributed by atoms with Gasteiger partial charge in [0.1, 0.15) is 6.54 Å². The molecule has 2 heterocycles. The number of hydrogen-bond acceptors (Lipinski definition) is 7. The van der Waals surface area contributed by atoms with E-state index in [1.807, 2.05) is 36.4 Å². The van der Waals surface area contributed by atoms with E-state index < -0.39 is 18.3 Å². The molecule has 0 aromatic heterocycles. The third-order valence-corrected chi connectivity index (χ3v) is 10.2. The van der Waals surface area contributed by atoms with Crippen molar-refractivity contribution in [1.82, 2.24) is 15.5 Å². The van der Waals surface area contributed by atoms with Gasteiger partial charge in [-0.1, -0.05) is 87.5 Å². The number of nitrogens with zero attached hydrogens (tertiary/aromatic N) is 1. The molecule has 0 radical (unpaired) electrons. The Kier molecular flexibility index (Phi) is 10.7. The molecule has 1 saturated carbocycles. The van der Waals surface area contributed by atoms with Gasteiger partial charge in [-0.15, -0.1) is 0 Å². The van der Waals surface area contributed by atoms with Gasteiger partial charge in [-0.25, -0.2) is 4.79 Å². The Bertz CT molecular complexity index is 1590. The van der Waals surface area contributed by atoms with Gasteiger partial charge in [-0.3, -0.25) is 9.69 Å². The number of likely N-dealkylation sites (tertiary alicyclic amines) is 1. The molecule has 2 unspecified atom stereocenters. The highest BCUT2D eigenvalue weighted by molar-refractivity contribution is 5.80. The molecule has 2 aliphatic heterocycles. The smallest absolute Gasteiger partial charge is 0.325 e. The van der Waals surface area contributed by atoms with Gasteiger partial charge >= 0.3 is 12.0 Å². The SMILES string of the molecule is CCOC(=O)CNC(=O)NCc1cccc(-c2ccc([C@@H]3O[C@H](CN4CC5(C)CC4CC(C)(C)C5)C[C@H](c4ccc(CO)cc4)O3)cc2)c1. The Morgan fingerprint density at radius 3 is 2.41 bits per heavy atom. The number of ether oxygens (including phenoxy) is 3. The molecular formula is C40H51N3O6. The molecule has 9 heteroatoms. The zero-order valence-corrected chi connectivity index (χ0v) is 29.2. The lowest BCUT2D eigenvalue weighted by molar-refractivity contribution is -0.253. The molecule has 49 heavy (non-hydrogen) atoms. The number of amides is 2. The minimum atomic E-state index is -0.507. The summed E-state index contributed by atoms with van der Waals surface area (Å²) in [6, 6.07) is 24.6. The molecule has 2 amide bonds. The van der Waals surface area contributed by atoms with Crippen LogP contribution in [0.15, 0.2) is 72.8 Å². The first-order valence-electron chi connectivity index (χ1n) is 17.6. The molecule has 1 aliphatic carbocycles. The molecule has 3 aromatic carbocycles. The number of aliphatic hydroxyl groups is 1. The molecule has 3 aromatic rings. The fourth-order valence-electron chi connectivity index (χ4n) is 8.39. The number of rotatable bonds is 11. The van der Waals surface area contributed by atoms with Crippen LogP contribution in [0.4, 0.5) is 4.79 Å². The quantitative estimate of drug-likeness (QED) is 0.196. The predicted octanol–water partition coefficient (Wildman–Crippen LogP) is 6.65. The van der Waals surface area contributed by atoms with Crippen molar-refractivity contribution >= 4 is 12.0 Å². The summed E-state index contributed by atoms with van der Waals surface area (Å²) in [6.07, 6.45) is 3.92.